The van der Waals surface area contributed by atoms with E-state index in [0.29, 0.717) is 11.3 Å². The first kappa shape index (κ1) is 11.9. The van der Waals surface area contributed by atoms with Crippen molar-refractivity contribution in [1.82, 2.24) is 0 Å². The van der Waals surface area contributed by atoms with Crippen LogP contribution in [-0.4, -0.2) is 12.9 Å². The lowest BCUT2D eigenvalue weighted by Gasteiger charge is -2.06. The third-order valence-electron chi connectivity index (χ3n) is 2.60. The Morgan fingerprint density at radius 2 is 1.94 bits per heavy atom. The summed E-state index contributed by atoms with van der Waals surface area (Å²) >= 11 is 1.53. The zero-order valence-electron chi connectivity index (χ0n) is 10.1. The number of benzene rings is 1. The van der Waals surface area contributed by atoms with Gasteiger partial charge in [0.25, 0.3) is 0 Å². The van der Waals surface area contributed by atoms with Crippen molar-refractivity contribution in [1.29, 1.82) is 0 Å². The van der Waals surface area contributed by atoms with Crippen LogP contribution in [0.15, 0.2) is 30.3 Å². The van der Waals surface area contributed by atoms with E-state index >= 15 is 0 Å². The summed E-state index contributed by atoms with van der Waals surface area (Å²) in [5.41, 5.74) is 1.66. The molecule has 2 nitrogen and oxygen atoms in total. The van der Waals surface area contributed by atoms with Crippen LogP contribution >= 0.6 is 11.3 Å². The van der Waals surface area contributed by atoms with Crippen molar-refractivity contribution in [2.24, 2.45) is 0 Å². The summed E-state index contributed by atoms with van der Waals surface area (Å²) < 4.78 is 5.22. The summed E-state index contributed by atoms with van der Waals surface area (Å²) in [5.74, 6) is 0.668. The summed E-state index contributed by atoms with van der Waals surface area (Å²) in [6, 6.07) is 9.36. The fourth-order valence-corrected chi connectivity index (χ4v) is 2.80. The molecule has 0 saturated heterocycles. The van der Waals surface area contributed by atoms with Gasteiger partial charge in [-0.2, -0.15) is 0 Å². The van der Waals surface area contributed by atoms with E-state index in [1.165, 1.54) is 11.3 Å². The second-order valence-corrected chi connectivity index (χ2v) is 5.15. The van der Waals surface area contributed by atoms with Crippen molar-refractivity contribution in [2.45, 2.75) is 13.8 Å². The minimum atomic E-state index is 0.0399. The first-order valence-electron chi connectivity index (χ1n) is 5.38. The fourth-order valence-electron chi connectivity index (χ4n) is 1.82. The van der Waals surface area contributed by atoms with E-state index in [9.17, 15) is 4.79 Å². The fraction of sp³-hybridized carbons (Fsp3) is 0.214. The van der Waals surface area contributed by atoms with Gasteiger partial charge in [-0.1, -0.05) is 12.1 Å². The number of carbonyl (C=O) groups excluding carboxylic acids is 1. The Morgan fingerprint density at radius 3 is 2.53 bits per heavy atom. The molecule has 0 radical (unpaired) electrons. The van der Waals surface area contributed by atoms with Crippen molar-refractivity contribution in [3.8, 4) is 5.75 Å². The molecular weight excluding hydrogens is 232 g/mol. The van der Waals surface area contributed by atoms with Gasteiger partial charge in [0.1, 0.15) is 5.75 Å². The number of ether oxygens (including phenoxy) is 1. The number of hydrogen-bond acceptors (Lipinski definition) is 3. The second kappa shape index (κ2) is 4.72. The van der Waals surface area contributed by atoms with Gasteiger partial charge in [-0.05, 0) is 37.6 Å². The molecule has 0 amide bonds. The van der Waals surface area contributed by atoms with Crippen LogP contribution in [-0.2, 0) is 0 Å². The molecule has 1 aromatic carbocycles. The Bertz CT molecular complexity index is 555. The molecule has 0 bridgehead atoms. The van der Waals surface area contributed by atoms with Crippen molar-refractivity contribution in [2.75, 3.05) is 7.11 Å². The van der Waals surface area contributed by atoms with E-state index < -0.39 is 0 Å². The van der Waals surface area contributed by atoms with Gasteiger partial charge in [-0.15, -0.1) is 11.3 Å². The third-order valence-corrected chi connectivity index (χ3v) is 3.75. The molecule has 0 unspecified atom stereocenters. The lowest BCUT2D eigenvalue weighted by molar-refractivity contribution is 0.103. The standard InChI is InChI=1S/C14H14O2S/c1-9-8-10(2)17-14(9)13(15)11-6-4-5-7-12(11)16-3/h4-8H,1-3H3. The van der Waals surface area contributed by atoms with E-state index in [2.05, 4.69) is 0 Å². The van der Waals surface area contributed by atoms with Gasteiger partial charge in [-0.3, -0.25) is 4.79 Å². The number of hydrogen-bond donors (Lipinski definition) is 0. The molecule has 0 aliphatic heterocycles. The third kappa shape index (κ3) is 2.24. The number of aryl methyl sites for hydroxylation is 2. The number of methoxy groups -OCH3 is 1. The lowest BCUT2D eigenvalue weighted by atomic mass is 10.1. The molecule has 0 N–H and O–H groups in total. The summed E-state index contributed by atoms with van der Waals surface area (Å²) in [7, 11) is 1.58. The average molecular weight is 246 g/mol. The van der Waals surface area contributed by atoms with Gasteiger partial charge in [0.05, 0.1) is 17.6 Å². The first-order valence-corrected chi connectivity index (χ1v) is 6.20. The second-order valence-electron chi connectivity index (χ2n) is 3.90. The van der Waals surface area contributed by atoms with Gasteiger partial charge in [0.2, 0.25) is 5.78 Å². The Kier molecular flexibility index (Phi) is 3.29. The molecule has 2 rings (SSSR count). The lowest BCUT2D eigenvalue weighted by Crippen LogP contribution is -2.03. The number of ketones is 1. The highest BCUT2D eigenvalue weighted by atomic mass is 32.1. The van der Waals surface area contributed by atoms with Gasteiger partial charge in [-0.25, -0.2) is 0 Å². The predicted octanol–water partition coefficient (Wildman–Crippen LogP) is 3.60. The number of para-hydroxylation sites is 1. The molecule has 0 spiro atoms. The van der Waals surface area contributed by atoms with Crippen LogP contribution in [0.25, 0.3) is 0 Å². The van der Waals surface area contributed by atoms with Crippen LogP contribution in [0.5, 0.6) is 5.75 Å². The molecule has 0 aliphatic carbocycles. The van der Waals surface area contributed by atoms with Crippen molar-refractivity contribution in [3.63, 3.8) is 0 Å². The zero-order valence-corrected chi connectivity index (χ0v) is 10.9. The van der Waals surface area contributed by atoms with E-state index in [1.807, 2.05) is 38.1 Å². The van der Waals surface area contributed by atoms with Gasteiger partial charge in [0, 0.05) is 4.88 Å². The minimum absolute atomic E-state index is 0.0399. The maximum atomic E-state index is 12.4. The number of rotatable bonds is 3. The number of thiophene rings is 1. The van der Waals surface area contributed by atoms with E-state index in [0.717, 1.165) is 15.3 Å². The Labute approximate surface area is 105 Å². The van der Waals surface area contributed by atoms with Crippen LogP contribution in [0.1, 0.15) is 25.7 Å². The molecule has 0 atom stereocenters. The van der Waals surface area contributed by atoms with Crippen molar-refractivity contribution >= 4 is 17.1 Å². The van der Waals surface area contributed by atoms with Crippen LogP contribution in [0.3, 0.4) is 0 Å². The Balaban J connectivity index is 2.47. The summed E-state index contributed by atoms with van der Waals surface area (Å²) in [6.45, 7) is 3.98. The van der Waals surface area contributed by atoms with Crippen LogP contribution in [0, 0.1) is 13.8 Å². The highest BCUT2D eigenvalue weighted by Gasteiger charge is 2.17. The molecule has 0 fully saturated rings. The molecule has 3 heteroatoms. The number of carbonyl (C=O) groups is 1. The van der Waals surface area contributed by atoms with Crippen LogP contribution in [0.2, 0.25) is 0 Å². The topological polar surface area (TPSA) is 26.3 Å². The molecule has 1 heterocycles. The van der Waals surface area contributed by atoms with Gasteiger partial charge in [0.15, 0.2) is 0 Å². The summed E-state index contributed by atoms with van der Waals surface area (Å²) in [6.07, 6.45) is 0. The predicted molar refractivity (Wildman–Crippen MR) is 70.2 cm³/mol. The van der Waals surface area contributed by atoms with Crippen LogP contribution < -0.4 is 4.74 Å². The summed E-state index contributed by atoms with van der Waals surface area (Å²) in [5, 5.41) is 0. The van der Waals surface area contributed by atoms with E-state index in [1.54, 1.807) is 13.2 Å². The average Bonchev–Trinajstić information content (AvgIpc) is 2.67. The smallest absolute Gasteiger partial charge is 0.206 e. The molecule has 0 saturated carbocycles. The van der Waals surface area contributed by atoms with Crippen molar-refractivity contribution in [3.05, 3.63) is 51.2 Å². The molecule has 88 valence electrons. The maximum Gasteiger partial charge on any atom is 0.206 e. The SMILES string of the molecule is COc1ccccc1C(=O)c1sc(C)cc1C. The molecule has 17 heavy (non-hydrogen) atoms. The largest absolute Gasteiger partial charge is 0.496 e. The van der Waals surface area contributed by atoms with Gasteiger partial charge >= 0.3 is 0 Å². The van der Waals surface area contributed by atoms with E-state index in [-0.39, 0.29) is 5.78 Å². The normalized spacial score (nSPS) is 10.3. The molecular formula is C14H14O2S. The monoisotopic (exact) mass is 246 g/mol. The molecule has 1 aromatic heterocycles. The van der Waals surface area contributed by atoms with Crippen molar-refractivity contribution < 1.29 is 9.53 Å². The quantitative estimate of drug-likeness (QED) is 0.773. The molecule has 2 aromatic rings. The maximum absolute atomic E-state index is 12.4. The highest BCUT2D eigenvalue weighted by Crippen LogP contribution is 2.27. The molecule has 0 aliphatic rings. The van der Waals surface area contributed by atoms with Gasteiger partial charge < -0.3 is 4.74 Å². The minimum Gasteiger partial charge on any atom is -0.496 e. The highest BCUT2D eigenvalue weighted by molar-refractivity contribution is 7.14. The van der Waals surface area contributed by atoms with E-state index in [4.69, 9.17) is 4.74 Å². The zero-order chi connectivity index (χ0) is 12.4. The Hall–Kier alpha value is -1.61. The Morgan fingerprint density at radius 1 is 1.24 bits per heavy atom. The first-order chi connectivity index (χ1) is 8.13. The summed E-state index contributed by atoms with van der Waals surface area (Å²) in [4.78, 5) is 14.3. The van der Waals surface area contributed by atoms with Crippen LogP contribution in [0.4, 0.5) is 0 Å².